The van der Waals surface area contributed by atoms with Crippen LogP contribution in [0.15, 0.2) is 48.5 Å². The van der Waals surface area contributed by atoms with Crippen LogP contribution >= 0.6 is 0 Å². The summed E-state index contributed by atoms with van der Waals surface area (Å²) in [5.74, 6) is -2.43. The van der Waals surface area contributed by atoms with Crippen molar-refractivity contribution in [2.24, 2.45) is 0 Å². The van der Waals surface area contributed by atoms with E-state index in [1.165, 1.54) is 24.3 Å². The maximum Gasteiger partial charge on any atom is 0.337 e. The van der Waals surface area contributed by atoms with E-state index in [9.17, 15) is 18.0 Å². The van der Waals surface area contributed by atoms with Crippen molar-refractivity contribution in [1.29, 1.82) is 0 Å². The summed E-state index contributed by atoms with van der Waals surface area (Å²) in [4.78, 5) is 22.3. The second-order valence-corrected chi connectivity index (χ2v) is 7.60. The van der Waals surface area contributed by atoms with E-state index < -0.39 is 22.0 Å². The molecule has 8 nitrogen and oxygen atoms in total. The molecule has 2 aromatic rings. The quantitative estimate of drug-likeness (QED) is 0.457. The molecule has 144 valence electrons. The van der Waals surface area contributed by atoms with Crippen LogP contribution in [-0.4, -0.2) is 42.9 Å². The zero-order valence-corrected chi connectivity index (χ0v) is 15.2. The first-order valence-electron chi connectivity index (χ1n) is 8.19. The fraction of sp³-hybridized carbons (Fsp3) is 0.222. The molecule has 0 fully saturated rings. The van der Waals surface area contributed by atoms with E-state index in [-0.39, 0.29) is 22.6 Å². The average molecular weight is 392 g/mol. The zero-order chi connectivity index (χ0) is 19.9. The maximum atomic E-state index is 12.1. The molecule has 9 heteroatoms. The van der Waals surface area contributed by atoms with Crippen LogP contribution in [0.5, 0.6) is 0 Å². The van der Waals surface area contributed by atoms with Crippen molar-refractivity contribution in [2.45, 2.75) is 12.8 Å². The second-order valence-electron chi connectivity index (χ2n) is 5.76. The lowest BCUT2D eigenvalue weighted by Crippen LogP contribution is -2.19. The van der Waals surface area contributed by atoms with E-state index >= 15 is 0 Å². The van der Waals surface area contributed by atoms with E-state index in [0.717, 1.165) is 0 Å². The Morgan fingerprint density at radius 1 is 0.815 bits per heavy atom. The molecule has 0 bridgehead atoms. The third kappa shape index (κ3) is 6.00. The fourth-order valence-corrected chi connectivity index (χ4v) is 3.64. The number of unbranched alkanes of at least 4 members (excludes halogenated alkanes) is 1. The first-order valence-corrected chi connectivity index (χ1v) is 9.84. The number of hydrogen-bond donors (Lipinski definition) is 4. The molecule has 0 amide bonds. The van der Waals surface area contributed by atoms with Gasteiger partial charge >= 0.3 is 11.9 Å². The van der Waals surface area contributed by atoms with Gasteiger partial charge in [-0.05, 0) is 37.1 Å². The Bertz CT molecular complexity index is 927. The summed E-state index contributed by atoms with van der Waals surface area (Å²) in [7, 11) is -3.69. The average Bonchev–Trinajstić information content (AvgIpc) is 2.61. The van der Waals surface area contributed by atoms with Gasteiger partial charge in [0.2, 0.25) is 10.0 Å². The van der Waals surface area contributed by atoms with Crippen molar-refractivity contribution in [2.75, 3.05) is 22.3 Å². The Hall–Kier alpha value is -3.07. The number of carboxylic acids is 2. The molecule has 0 spiro atoms. The van der Waals surface area contributed by atoms with Gasteiger partial charge in [-0.25, -0.2) is 18.0 Å². The molecular formula is C18H20N2O6S. The molecule has 0 aromatic heterocycles. The molecule has 0 unspecified atom stereocenters. The Kier molecular flexibility index (Phi) is 6.78. The van der Waals surface area contributed by atoms with Gasteiger partial charge in [0.05, 0.1) is 22.6 Å². The molecular weight excluding hydrogens is 372 g/mol. The molecule has 0 radical (unpaired) electrons. The second kappa shape index (κ2) is 9.04. The van der Waals surface area contributed by atoms with Crippen LogP contribution in [-0.2, 0) is 10.0 Å². The summed E-state index contributed by atoms with van der Waals surface area (Å²) in [5.41, 5.74) is 0.532. The number of carboxylic acid groups (broad SMARTS) is 2. The normalized spacial score (nSPS) is 11.0. The maximum absolute atomic E-state index is 12.1. The zero-order valence-electron chi connectivity index (χ0n) is 14.4. The highest BCUT2D eigenvalue weighted by molar-refractivity contribution is 7.92. The number of benzene rings is 2. The number of rotatable bonds is 10. The predicted molar refractivity (Wildman–Crippen MR) is 102 cm³/mol. The summed E-state index contributed by atoms with van der Waals surface area (Å²) in [6.07, 6.45) is 0.822. The van der Waals surface area contributed by atoms with Gasteiger partial charge in [0.1, 0.15) is 0 Å². The molecule has 2 aromatic carbocycles. The third-order valence-electron chi connectivity index (χ3n) is 3.74. The van der Waals surface area contributed by atoms with E-state index in [1.54, 1.807) is 24.3 Å². The van der Waals surface area contributed by atoms with Crippen molar-refractivity contribution in [3.63, 3.8) is 0 Å². The molecule has 27 heavy (non-hydrogen) atoms. The largest absolute Gasteiger partial charge is 0.478 e. The van der Waals surface area contributed by atoms with Crippen molar-refractivity contribution in [3.8, 4) is 0 Å². The van der Waals surface area contributed by atoms with Gasteiger partial charge in [-0.2, -0.15) is 0 Å². The minimum Gasteiger partial charge on any atom is -0.478 e. The van der Waals surface area contributed by atoms with E-state index in [4.69, 9.17) is 10.2 Å². The van der Waals surface area contributed by atoms with Gasteiger partial charge < -0.3 is 15.5 Å². The van der Waals surface area contributed by atoms with E-state index in [2.05, 4.69) is 10.0 Å². The minimum atomic E-state index is -3.69. The number of aromatic carboxylic acids is 2. The van der Waals surface area contributed by atoms with Crippen LogP contribution in [0.2, 0.25) is 0 Å². The van der Waals surface area contributed by atoms with Crippen LogP contribution in [0.1, 0.15) is 33.6 Å². The van der Waals surface area contributed by atoms with Crippen LogP contribution < -0.4 is 10.0 Å². The first kappa shape index (κ1) is 20.2. The third-order valence-corrected chi connectivity index (χ3v) is 5.09. The topological polar surface area (TPSA) is 133 Å². The standard InChI is InChI=1S/C18H20N2O6S/c21-17(22)13-7-1-3-9-15(13)19-11-5-6-12-27(25,26)20-16-10-4-2-8-14(16)18(23)24/h1-4,7-10,19-20H,5-6,11-12H2,(H,21,22)(H,23,24). The van der Waals surface area contributed by atoms with Gasteiger partial charge in [-0.1, -0.05) is 24.3 Å². The van der Waals surface area contributed by atoms with Crippen molar-refractivity contribution in [1.82, 2.24) is 0 Å². The molecule has 0 saturated heterocycles. The number of anilines is 2. The highest BCUT2D eigenvalue weighted by Crippen LogP contribution is 2.17. The lowest BCUT2D eigenvalue weighted by atomic mass is 10.2. The lowest BCUT2D eigenvalue weighted by Gasteiger charge is -2.11. The van der Waals surface area contributed by atoms with Crippen molar-refractivity contribution in [3.05, 3.63) is 59.7 Å². The molecule has 0 aliphatic heterocycles. The molecule has 0 saturated carbocycles. The van der Waals surface area contributed by atoms with Gasteiger partial charge in [-0.3, -0.25) is 4.72 Å². The summed E-state index contributed by atoms with van der Waals surface area (Å²) in [5, 5.41) is 21.2. The number of nitrogens with one attached hydrogen (secondary N) is 2. The van der Waals surface area contributed by atoms with Gasteiger partial charge in [0.25, 0.3) is 0 Å². The highest BCUT2D eigenvalue weighted by Gasteiger charge is 2.15. The lowest BCUT2D eigenvalue weighted by molar-refractivity contribution is 0.0687. The molecule has 0 aliphatic carbocycles. The molecule has 4 N–H and O–H groups in total. The summed E-state index contributed by atoms with van der Waals surface area (Å²) in [6, 6.07) is 12.2. The summed E-state index contributed by atoms with van der Waals surface area (Å²) < 4.78 is 26.6. The molecule has 0 heterocycles. The van der Waals surface area contributed by atoms with Crippen molar-refractivity contribution < 1.29 is 28.2 Å². The number of sulfonamides is 1. The van der Waals surface area contributed by atoms with Crippen LogP contribution in [0, 0.1) is 0 Å². The van der Waals surface area contributed by atoms with Gasteiger partial charge in [0.15, 0.2) is 0 Å². The monoisotopic (exact) mass is 392 g/mol. The molecule has 0 aliphatic rings. The van der Waals surface area contributed by atoms with Crippen LogP contribution in [0.4, 0.5) is 11.4 Å². The van der Waals surface area contributed by atoms with E-state index in [0.29, 0.717) is 25.1 Å². The number of hydrogen-bond acceptors (Lipinski definition) is 5. The number of carbonyl (C=O) groups is 2. The predicted octanol–water partition coefficient (Wildman–Crippen LogP) is 2.72. The smallest absolute Gasteiger partial charge is 0.337 e. The highest BCUT2D eigenvalue weighted by atomic mass is 32.2. The summed E-state index contributed by atoms with van der Waals surface area (Å²) in [6.45, 7) is 0.408. The minimum absolute atomic E-state index is 0.0264. The molecule has 0 atom stereocenters. The van der Waals surface area contributed by atoms with E-state index in [1.807, 2.05) is 0 Å². The molecule has 2 rings (SSSR count). The van der Waals surface area contributed by atoms with Gasteiger partial charge in [-0.15, -0.1) is 0 Å². The SMILES string of the molecule is O=C(O)c1ccccc1NCCCCS(=O)(=O)Nc1ccccc1C(=O)O. The Balaban J connectivity index is 1.85. The Morgan fingerprint density at radius 2 is 1.33 bits per heavy atom. The van der Waals surface area contributed by atoms with Gasteiger partial charge in [0, 0.05) is 12.2 Å². The summed E-state index contributed by atoms with van der Waals surface area (Å²) >= 11 is 0. The van der Waals surface area contributed by atoms with Crippen LogP contribution in [0.25, 0.3) is 0 Å². The van der Waals surface area contributed by atoms with Crippen molar-refractivity contribution >= 4 is 33.3 Å². The number of para-hydroxylation sites is 2. The Labute approximate surface area is 156 Å². The fourth-order valence-electron chi connectivity index (χ4n) is 2.44. The Morgan fingerprint density at radius 3 is 1.93 bits per heavy atom. The van der Waals surface area contributed by atoms with Crippen LogP contribution in [0.3, 0.4) is 0 Å². The first-order chi connectivity index (χ1) is 12.8.